The molecule has 158 valence electrons. The van der Waals surface area contributed by atoms with E-state index in [9.17, 15) is 19.3 Å². The smallest absolute Gasteiger partial charge is 0.409 e. The van der Waals surface area contributed by atoms with E-state index in [1.165, 1.54) is 16.7 Å². The van der Waals surface area contributed by atoms with Crippen LogP contribution >= 0.6 is 46.4 Å². The van der Waals surface area contributed by atoms with Gasteiger partial charge in [0.1, 0.15) is 31.3 Å². The number of anilines is 1. The maximum absolute atomic E-state index is 13.3. The van der Waals surface area contributed by atoms with Crippen LogP contribution in [-0.2, 0) is 11.3 Å². The molecule has 0 aliphatic carbocycles. The number of carbonyl (C=O) groups excluding carboxylic acids is 1. The van der Waals surface area contributed by atoms with Crippen molar-refractivity contribution in [1.82, 2.24) is 14.9 Å². The number of nitro groups is 1. The van der Waals surface area contributed by atoms with E-state index >= 15 is 0 Å². The first-order valence-electron chi connectivity index (χ1n) is 7.87. The summed E-state index contributed by atoms with van der Waals surface area (Å²) in [5.74, 6) is -0.492. The number of alkyl halides is 3. The van der Waals surface area contributed by atoms with Crippen molar-refractivity contribution >= 4 is 64.0 Å². The summed E-state index contributed by atoms with van der Waals surface area (Å²) in [5, 5.41) is 15.8. The highest BCUT2D eigenvalue weighted by atomic mass is 35.6. The zero-order chi connectivity index (χ0) is 21.8. The Hall–Kier alpha value is -2.01. The van der Waals surface area contributed by atoms with Crippen LogP contribution in [0.1, 0.15) is 5.82 Å². The predicted octanol–water partition coefficient (Wildman–Crippen LogP) is 4.43. The summed E-state index contributed by atoms with van der Waals surface area (Å²) < 4.78 is 17.5. The van der Waals surface area contributed by atoms with Crippen molar-refractivity contribution < 1.29 is 18.8 Å². The number of alkyl carbamates (subject to hydrolysis) is 1. The molecule has 0 bridgehead atoms. The number of amides is 1. The Balaban J connectivity index is 1.97. The first-order valence-corrected chi connectivity index (χ1v) is 9.38. The second kappa shape index (κ2) is 9.66. The van der Waals surface area contributed by atoms with E-state index in [1.807, 2.05) is 0 Å². The highest BCUT2D eigenvalue weighted by molar-refractivity contribution is 6.68. The molecular weight excluding hydrogens is 475 g/mol. The molecule has 2 rings (SSSR count). The fourth-order valence-corrected chi connectivity index (χ4v) is 2.73. The number of benzene rings is 1. The average Bonchev–Trinajstić information content (AvgIpc) is 2.98. The highest BCUT2D eigenvalue weighted by Gasteiger charge is 2.34. The third-order valence-corrected chi connectivity index (χ3v) is 4.53. The zero-order valence-corrected chi connectivity index (χ0v) is 17.7. The standard InChI is InChI=1S/C15H14Cl4FN5O4/c1-8-21-7-12(25(27)28)24(8)4-5-29-14(26)23-13(15(17,18)19)22-9-2-3-11(20)10(16)6-9/h2-3,6-7,13,22H,4-5H2,1H3,(H,23,26)/t13-/m1/s1. The molecule has 1 amide bonds. The third kappa shape index (κ3) is 6.49. The summed E-state index contributed by atoms with van der Waals surface area (Å²) in [6, 6.07) is 3.67. The molecule has 1 aromatic heterocycles. The largest absolute Gasteiger partial charge is 0.445 e. The van der Waals surface area contributed by atoms with Crippen molar-refractivity contribution in [3.63, 3.8) is 0 Å². The molecule has 0 spiro atoms. The maximum Gasteiger partial charge on any atom is 0.409 e. The molecule has 1 aromatic carbocycles. The second-order valence-electron chi connectivity index (χ2n) is 5.60. The van der Waals surface area contributed by atoms with Gasteiger partial charge in [-0.3, -0.25) is 5.32 Å². The van der Waals surface area contributed by atoms with Gasteiger partial charge in [0.15, 0.2) is 5.82 Å². The van der Waals surface area contributed by atoms with Gasteiger partial charge in [-0.05, 0) is 23.1 Å². The van der Waals surface area contributed by atoms with E-state index < -0.39 is 26.8 Å². The van der Waals surface area contributed by atoms with Crippen molar-refractivity contribution in [2.75, 3.05) is 11.9 Å². The number of aromatic nitrogens is 2. The molecule has 29 heavy (non-hydrogen) atoms. The number of nitrogens with one attached hydrogen (secondary N) is 2. The molecule has 2 aromatic rings. The predicted molar refractivity (Wildman–Crippen MR) is 107 cm³/mol. The van der Waals surface area contributed by atoms with E-state index in [0.717, 1.165) is 12.3 Å². The number of carbonyl (C=O) groups is 1. The van der Waals surface area contributed by atoms with Gasteiger partial charge in [-0.15, -0.1) is 0 Å². The Bertz CT molecular complexity index is 905. The summed E-state index contributed by atoms with van der Waals surface area (Å²) in [4.78, 5) is 26.2. The summed E-state index contributed by atoms with van der Waals surface area (Å²) in [6.07, 6.45) is -1.11. The van der Waals surface area contributed by atoms with Crippen LogP contribution in [0, 0.1) is 22.9 Å². The lowest BCUT2D eigenvalue weighted by Gasteiger charge is -2.27. The van der Waals surface area contributed by atoms with Crippen molar-refractivity contribution in [2.24, 2.45) is 0 Å². The Morgan fingerprint density at radius 1 is 1.45 bits per heavy atom. The van der Waals surface area contributed by atoms with Crippen LogP contribution in [0.25, 0.3) is 0 Å². The molecule has 0 aliphatic heterocycles. The second-order valence-corrected chi connectivity index (χ2v) is 8.38. The van der Waals surface area contributed by atoms with E-state index in [1.54, 1.807) is 6.92 Å². The van der Waals surface area contributed by atoms with Crippen molar-refractivity contribution in [1.29, 1.82) is 0 Å². The van der Waals surface area contributed by atoms with Crippen LogP contribution in [0.3, 0.4) is 0 Å². The van der Waals surface area contributed by atoms with Crippen LogP contribution in [0.2, 0.25) is 5.02 Å². The molecule has 9 nitrogen and oxygen atoms in total. The summed E-state index contributed by atoms with van der Waals surface area (Å²) in [7, 11) is 0. The zero-order valence-electron chi connectivity index (χ0n) is 14.7. The summed E-state index contributed by atoms with van der Waals surface area (Å²) in [6.45, 7) is 1.36. The number of ether oxygens (including phenoxy) is 1. The van der Waals surface area contributed by atoms with Crippen LogP contribution in [-0.4, -0.2) is 37.1 Å². The minimum atomic E-state index is -2.00. The fourth-order valence-electron chi connectivity index (χ4n) is 2.22. The summed E-state index contributed by atoms with van der Waals surface area (Å²) >= 11 is 23.3. The minimum Gasteiger partial charge on any atom is -0.445 e. The first-order chi connectivity index (χ1) is 13.5. The lowest BCUT2D eigenvalue weighted by Crippen LogP contribution is -2.49. The number of aryl methyl sites for hydroxylation is 1. The fraction of sp³-hybridized carbons (Fsp3) is 0.333. The average molecular weight is 489 g/mol. The van der Waals surface area contributed by atoms with Gasteiger partial charge in [-0.25, -0.2) is 18.7 Å². The number of rotatable bonds is 7. The van der Waals surface area contributed by atoms with Crippen LogP contribution < -0.4 is 10.6 Å². The van der Waals surface area contributed by atoms with Crippen LogP contribution in [0.5, 0.6) is 0 Å². The summed E-state index contributed by atoms with van der Waals surface area (Å²) in [5.41, 5.74) is 0.276. The molecule has 0 fully saturated rings. The molecule has 2 N–H and O–H groups in total. The van der Waals surface area contributed by atoms with Gasteiger partial charge in [-0.1, -0.05) is 46.4 Å². The van der Waals surface area contributed by atoms with Crippen molar-refractivity contribution in [3.8, 4) is 0 Å². The van der Waals surface area contributed by atoms with Gasteiger partial charge < -0.3 is 20.2 Å². The van der Waals surface area contributed by atoms with E-state index in [4.69, 9.17) is 51.1 Å². The van der Waals surface area contributed by atoms with Gasteiger partial charge in [-0.2, -0.15) is 0 Å². The SMILES string of the molecule is Cc1ncc([N+](=O)[O-])n1CCOC(=O)N[C@@H](Nc1ccc(F)c(Cl)c1)C(Cl)(Cl)Cl. The first kappa shape index (κ1) is 23.3. The van der Waals surface area contributed by atoms with Crippen molar-refractivity contribution in [3.05, 3.63) is 51.2 Å². The lowest BCUT2D eigenvalue weighted by molar-refractivity contribution is -0.392. The van der Waals surface area contributed by atoms with E-state index in [-0.39, 0.29) is 29.7 Å². The molecule has 0 saturated carbocycles. The number of imidazole rings is 1. The number of hydrogen-bond acceptors (Lipinski definition) is 6. The van der Waals surface area contributed by atoms with E-state index in [0.29, 0.717) is 5.82 Å². The molecule has 0 radical (unpaired) electrons. The number of hydrogen-bond donors (Lipinski definition) is 2. The highest BCUT2D eigenvalue weighted by Crippen LogP contribution is 2.32. The number of halogens is 5. The van der Waals surface area contributed by atoms with Gasteiger partial charge >= 0.3 is 11.9 Å². The monoisotopic (exact) mass is 487 g/mol. The molecule has 0 aliphatic rings. The number of nitrogens with zero attached hydrogens (tertiary/aromatic N) is 3. The van der Waals surface area contributed by atoms with Gasteiger partial charge in [0, 0.05) is 12.6 Å². The Kier molecular flexibility index (Phi) is 7.75. The van der Waals surface area contributed by atoms with Crippen LogP contribution in [0.4, 0.5) is 20.7 Å². The van der Waals surface area contributed by atoms with Crippen LogP contribution in [0.15, 0.2) is 24.4 Å². The topological polar surface area (TPSA) is 111 Å². The molecule has 0 saturated heterocycles. The molecule has 0 unspecified atom stereocenters. The normalized spacial score (nSPS) is 12.3. The Morgan fingerprint density at radius 3 is 2.72 bits per heavy atom. The third-order valence-electron chi connectivity index (χ3n) is 3.59. The molecule has 1 atom stereocenters. The van der Waals surface area contributed by atoms with Gasteiger partial charge in [0.2, 0.25) is 3.79 Å². The lowest BCUT2D eigenvalue weighted by atomic mass is 10.3. The quantitative estimate of drug-likeness (QED) is 0.258. The Morgan fingerprint density at radius 2 is 2.14 bits per heavy atom. The van der Waals surface area contributed by atoms with E-state index in [2.05, 4.69) is 15.6 Å². The van der Waals surface area contributed by atoms with Gasteiger partial charge in [0.05, 0.1) is 5.02 Å². The maximum atomic E-state index is 13.3. The van der Waals surface area contributed by atoms with Gasteiger partial charge in [0.25, 0.3) is 0 Å². The minimum absolute atomic E-state index is 0.00496. The molecule has 1 heterocycles. The molecular formula is C15H14Cl4FN5O4. The molecule has 14 heteroatoms. The Labute approximate surface area is 184 Å². The van der Waals surface area contributed by atoms with Crippen molar-refractivity contribution in [2.45, 2.75) is 23.4 Å².